The first-order valence-corrected chi connectivity index (χ1v) is 10.7. The molecular formula is C22H23Cl2N3O2. The molecule has 29 heavy (non-hydrogen) atoms. The largest absolute Gasteiger partial charge is 0.338 e. The maximum absolute atomic E-state index is 13.3. The van der Waals surface area contributed by atoms with Gasteiger partial charge in [0.2, 0.25) is 5.91 Å². The zero-order valence-corrected chi connectivity index (χ0v) is 17.6. The number of aromatic nitrogens is 1. The number of carbonyl (C=O) groups is 2. The van der Waals surface area contributed by atoms with Crippen LogP contribution in [0.3, 0.4) is 0 Å². The molecule has 1 aromatic carbocycles. The van der Waals surface area contributed by atoms with E-state index in [4.69, 9.17) is 23.2 Å². The van der Waals surface area contributed by atoms with Gasteiger partial charge in [-0.1, -0.05) is 29.3 Å². The third-order valence-electron chi connectivity index (χ3n) is 5.57. The zero-order chi connectivity index (χ0) is 20.4. The van der Waals surface area contributed by atoms with Crippen molar-refractivity contribution in [1.82, 2.24) is 14.8 Å². The smallest absolute Gasteiger partial charge is 0.253 e. The lowest BCUT2D eigenvalue weighted by molar-refractivity contribution is -0.138. The predicted octanol–water partition coefficient (Wildman–Crippen LogP) is 4.43. The van der Waals surface area contributed by atoms with Crippen molar-refractivity contribution in [3.63, 3.8) is 0 Å². The average molecular weight is 432 g/mol. The highest BCUT2D eigenvalue weighted by Crippen LogP contribution is 2.32. The van der Waals surface area contributed by atoms with Crippen LogP contribution in [0.4, 0.5) is 0 Å². The molecule has 1 aliphatic heterocycles. The van der Waals surface area contributed by atoms with Gasteiger partial charge in [-0.3, -0.25) is 14.6 Å². The fourth-order valence-electron chi connectivity index (χ4n) is 3.87. The molecule has 2 aromatic rings. The SMILES string of the molecule is O=C(c1ccc(Cl)c(Cl)c1)N1CCCC(C(=O)N(Cc2cccnc2)C2CC2)C1. The fraction of sp³-hybridized carbons (Fsp3) is 0.409. The zero-order valence-electron chi connectivity index (χ0n) is 16.1. The molecule has 7 heteroatoms. The highest BCUT2D eigenvalue weighted by Gasteiger charge is 2.38. The first-order chi connectivity index (χ1) is 14.0. The molecule has 0 spiro atoms. The van der Waals surface area contributed by atoms with Crippen molar-refractivity contribution in [2.45, 2.75) is 38.3 Å². The minimum absolute atomic E-state index is 0.105. The van der Waals surface area contributed by atoms with Crippen LogP contribution in [0.15, 0.2) is 42.7 Å². The number of benzene rings is 1. The van der Waals surface area contributed by atoms with E-state index in [0.29, 0.717) is 41.3 Å². The van der Waals surface area contributed by atoms with Crippen LogP contribution in [0.25, 0.3) is 0 Å². The van der Waals surface area contributed by atoms with Gasteiger partial charge in [0.25, 0.3) is 5.91 Å². The third kappa shape index (κ3) is 4.73. The summed E-state index contributed by atoms with van der Waals surface area (Å²) in [5.41, 5.74) is 1.54. The Morgan fingerprint density at radius 1 is 1.14 bits per heavy atom. The van der Waals surface area contributed by atoms with Gasteiger partial charge in [-0.2, -0.15) is 0 Å². The summed E-state index contributed by atoms with van der Waals surface area (Å²) in [5, 5.41) is 0.781. The number of nitrogens with zero attached hydrogens (tertiary/aromatic N) is 3. The topological polar surface area (TPSA) is 53.5 Å². The Morgan fingerprint density at radius 2 is 1.97 bits per heavy atom. The number of likely N-dealkylation sites (tertiary alicyclic amines) is 1. The highest BCUT2D eigenvalue weighted by molar-refractivity contribution is 6.42. The Labute approximate surface area is 180 Å². The van der Waals surface area contributed by atoms with Crippen molar-refractivity contribution in [2.75, 3.05) is 13.1 Å². The van der Waals surface area contributed by atoms with Gasteiger partial charge in [0.1, 0.15) is 0 Å². The van der Waals surface area contributed by atoms with Crippen LogP contribution in [0.1, 0.15) is 41.6 Å². The molecule has 1 saturated heterocycles. The van der Waals surface area contributed by atoms with Crippen LogP contribution >= 0.6 is 23.2 Å². The fourth-order valence-corrected chi connectivity index (χ4v) is 4.17. The van der Waals surface area contributed by atoms with E-state index < -0.39 is 0 Å². The number of hydrogen-bond donors (Lipinski definition) is 0. The van der Waals surface area contributed by atoms with E-state index in [1.165, 1.54) is 0 Å². The maximum atomic E-state index is 13.3. The molecule has 152 valence electrons. The van der Waals surface area contributed by atoms with Gasteiger partial charge in [-0.25, -0.2) is 0 Å². The van der Waals surface area contributed by atoms with Crippen LogP contribution in [-0.4, -0.2) is 45.7 Å². The lowest BCUT2D eigenvalue weighted by Gasteiger charge is -2.35. The Bertz CT molecular complexity index is 902. The second-order valence-electron chi connectivity index (χ2n) is 7.78. The molecule has 0 N–H and O–H groups in total. The molecule has 0 bridgehead atoms. The number of amides is 2. The second-order valence-corrected chi connectivity index (χ2v) is 8.59. The van der Waals surface area contributed by atoms with Crippen molar-refractivity contribution >= 4 is 35.0 Å². The minimum atomic E-state index is -0.173. The summed E-state index contributed by atoms with van der Waals surface area (Å²) < 4.78 is 0. The summed E-state index contributed by atoms with van der Waals surface area (Å²) in [4.78, 5) is 34.2. The van der Waals surface area contributed by atoms with E-state index in [1.54, 1.807) is 29.3 Å². The Morgan fingerprint density at radius 3 is 2.66 bits per heavy atom. The first kappa shape index (κ1) is 20.2. The van der Waals surface area contributed by atoms with Crippen molar-refractivity contribution in [3.8, 4) is 0 Å². The van der Waals surface area contributed by atoms with Crippen LogP contribution in [0, 0.1) is 5.92 Å². The monoisotopic (exact) mass is 431 g/mol. The molecule has 2 heterocycles. The van der Waals surface area contributed by atoms with Gasteiger partial charge >= 0.3 is 0 Å². The molecule has 1 atom stereocenters. The Hall–Kier alpha value is -2.11. The van der Waals surface area contributed by atoms with Gasteiger partial charge in [0.05, 0.1) is 16.0 Å². The van der Waals surface area contributed by atoms with E-state index >= 15 is 0 Å². The van der Waals surface area contributed by atoms with Crippen LogP contribution in [0.2, 0.25) is 10.0 Å². The van der Waals surface area contributed by atoms with Gasteiger partial charge in [0.15, 0.2) is 0 Å². The van der Waals surface area contributed by atoms with Gasteiger partial charge in [0, 0.05) is 43.6 Å². The van der Waals surface area contributed by atoms with Crippen LogP contribution in [0.5, 0.6) is 0 Å². The van der Waals surface area contributed by atoms with Crippen molar-refractivity contribution < 1.29 is 9.59 Å². The summed E-state index contributed by atoms with van der Waals surface area (Å²) in [6.07, 6.45) is 7.26. The summed E-state index contributed by atoms with van der Waals surface area (Å²) in [6, 6.07) is 9.10. The molecule has 2 aliphatic rings. The number of halogens is 2. The van der Waals surface area contributed by atoms with Crippen LogP contribution in [-0.2, 0) is 11.3 Å². The normalized spacial score (nSPS) is 19.1. The molecule has 0 radical (unpaired) electrons. The summed E-state index contributed by atoms with van der Waals surface area (Å²) in [5.74, 6) is -0.137. The quantitative estimate of drug-likeness (QED) is 0.703. The molecule has 5 nitrogen and oxygen atoms in total. The molecule has 2 fully saturated rings. The maximum Gasteiger partial charge on any atom is 0.253 e. The van der Waals surface area contributed by atoms with Crippen molar-refractivity contribution in [2.24, 2.45) is 5.92 Å². The standard InChI is InChI=1S/C22H23Cl2N3O2/c23-19-8-5-16(11-20(19)24)21(28)26-10-2-4-17(14-26)22(29)27(18-6-7-18)13-15-3-1-9-25-12-15/h1,3,5,8-9,11-12,17-18H,2,4,6-7,10,13-14H2. The number of hydrogen-bond acceptors (Lipinski definition) is 3. The van der Waals surface area contributed by atoms with Gasteiger partial charge < -0.3 is 9.80 Å². The highest BCUT2D eigenvalue weighted by atomic mass is 35.5. The number of carbonyl (C=O) groups excluding carboxylic acids is 2. The summed E-state index contributed by atoms with van der Waals surface area (Å²) in [6.45, 7) is 1.66. The number of piperidine rings is 1. The third-order valence-corrected chi connectivity index (χ3v) is 6.31. The molecule has 4 rings (SSSR count). The number of pyridine rings is 1. The van der Waals surface area contributed by atoms with Gasteiger partial charge in [-0.05, 0) is 55.5 Å². The van der Waals surface area contributed by atoms with E-state index in [0.717, 1.165) is 31.2 Å². The van der Waals surface area contributed by atoms with E-state index in [-0.39, 0.29) is 17.7 Å². The number of rotatable bonds is 5. The molecule has 1 aromatic heterocycles. The van der Waals surface area contributed by atoms with Crippen LogP contribution < -0.4 is 0 Å². The molecule has 1 aliphatic carbocycles. The van der Waals surface area contributed by atoms with E-state index in [9.17, 15) is 9.59 Å². The Balaban J connectivity index is 1.45. The molecule has 1 saturated carbocycles. The second kappa shape index (κ2) is 8.72. The van der Waals surface area contributed by atoms with Crippen molar-refractivity contribution in [3.05, 3.63) is 63.9 Å². The first-order valence-electron chi connectivity index (χ1n) is 9.96. The average Bonchev–Trinajstić information content (AvgIpc) is 3.59. The molecule has 2 amide bonds. The van der Waals surface area contributed by atoms with E-state index in [2.05, 4.69) is 4.98 Å². The molecular weight excluding hydrogens is 409 g/mol. The predicted molar refractivity (Wildman–Crippen MR) is 113 cm³/mol. The summed E-state index contributed by atoms with van der Waals surface area (Å²) >= 11 is 12.0. The molecule has 1 unspecified atom stereocenters. The van der Waals surface area contributed by atoms with Gasteiger partial charge in [-0.15, -0.1) is 0 Å². The van der Waals surface area contributed by atoms with E-state index in [1.807, 2.05) is 23.2 Å². The minimum Gasteiger partial charge on any atom is -0.338 e. The van der Waals surface area contributed by atoms with Crippen molar-refractivity contribution in [1.29, 1.82) is 0 Å². The lowest BCUT2D eigenvalue weighted by atomic mass is 9.95. The summed E-state index contributed by atoms with van der Waals surface area (Å²) in [7, 11) is 0. The lowest BCUT2D eigenvalue weighted by Crippen LogP contribution is -2.47. The Kier molecular flexibility index (Phi) is 6.07.